The lowest BCUT2D eigenvalue weighted by atomic mass is 9.97. The molecule has 1 rings (SSSR count). The Labute approximate surface area is 68.6 Å². The number of hydrogen-bond acceptors (Lipinski definition) is 2. The van der Waals surface area contributed by atoms with E-state index in [4.69, 9.17) is 4.74 Å². The first kappa shape index (κ1) is 8.41. The number of hydrogen-bond donors (Lipinski definition) is 1. The molecular weight excluding hydrogens is 144 g/mol. The van der Waals surface area contributed by atoms with Crippen molar-refractivity contribution in [3.63, 3.8) is 0 Å². The van der Waals surface area contributed by atoms with Crippen LogP contribution in [-0.2, 0) is 4.74 Å². The van der Waals surface area contributed by atoms with Crippen molar-refractivity contribution in [1.29, 1.82) is 0 Å². The van der Waals surface area contributed by atoms with Gasteiger partial charge in [-0.15, -0.1) is 0 Å². The fourth-order valence-corrected chi connectivity index (χ4v) is 1.75. The summed E-state index contributed by atoms with van der Waals surface area (Å²) in [5, 5.41) is 0.636. The zero-order valence-electron chi connectivity index (χ0n) is 6.55. The molecule has 0 heterocycles. The molecule has 0 bridgehead atoms. The summed E-state index contributed by atoms with van der Waals surface area (Å²) in [6, 6.07) is 0. The first-order chi connectivity index (χ1) is 4.83. The number of rotatable bonds is 2. The van der Waals surface area contributed by atoms with E-state index in [2.05, 4.69) is 19.6 Å². The molecule has 0 spiro atoms. The second kappa shape index (κ2) is 4.24. The standard InChI is InChI=1S/C8H16OS/c1-2-9-7-3-5-8(10)6-4-7/h7-8,10H,2-6H2,1H3/t7-,8+. The second-order valence-electron chi connectivity index (χ2n) is 2.89. The first-order valence-corrected chi connectivity index (χ1v) is 4.64. The Balaban J connectivity index is 2.13. The van der Waals surface area contributed by atoms with Crippen LogP contribution in [0.2, 0.25) is 0 Å². The van der Waals surface area contributed by atoms with E-state index < -0.39 is 0 Å². The van der Waals surface area contributed by atoms with E-state index in [1.54, 1.807) is 0 Å². The van der Waals surface area contributed by atoms with Crippen molar-refractivity contribution in [3.05, 3.63) is 0 Å². The van der Waals surface area contributed by atoms with E-state index in [1.807, 2.05) is 0 Å². The average molecular weight is 160 g/mol. The summed E-state index contributed by atoms with van der Waals surface area (Å²) in [6.07, 6.45) is 5.42. The Bertz CT molecular complexity index is 87.3. The molecular formula is C8H16OS. The molecule has 0 saturated heterocycles. The zero-order valence-corrected chi connectivity index (χ0v) is 7.44. The molecule has 1 saturated carbocycles. The van der Waals surface area contributed by atoms with Gasteiger partial charge in [-0.05, 0) is 32.6 Å². The summed E-state index contributed by atoms with van der Waals surface area (Å²) in [6.45, 7) is 2.93. The fraction of sp³-hybridized carbons (Fsp3) is 1.00. The third-order valence-electron chi connectivity index (χ3n) is 2.05. The monoisotopic (exact) mass is 160 g/mol. The number of thiol groups is 1. The minimum absolute atomic E-state index is 0.536. The predicted molar refractivity (Wildman–Crippen MR) is 46.7 cm³/mol. The van der Waals surface area contributed by atoms with Crippen molar-refractivity contribution >= 4 is 12.6 Å². The molecule has 0 aliphatic heterocycles. The maximum Gasteiger partial charge on any atom is 0.0575 e. The van der Waals surface area contributed by atoms with E-state index in [0.717, 1.165) is 6.61 Å². The molecule has 0 amide bonds. The van der Waals surface area contributed by atoms with Gasteiger partial charge in [0.05, 0.1) is 6.10 Å². The van der Waals surface area contributed by atoms with Gasteiger partial charge in [0.2, 0.25) is 0 Å². The van der Waals surface area contributed by atoms with E-state index in [-0.39, 0.29) is 0 Å². The fourth-order valence-electron chi connectivity index (χ4n) is 1.45. The van der Waals surface area contributed by atoms with Gasteiger partial charge in [0.25, 0.3) is 0 Å². The van der Waals surface area contributed by atoms with E-state index in [1.165, 1.54) is 25.7 Å². The molecule has 1 nitrogen and oxygen atoms in total. The summed E-state index contributed by atoms with van der Waals surface area (Å²) in [5.74, 6) is 0. The normalized spacial score (nSPS) is 34.2. The van der Waals surface area contributed by atoms with Gasteiger partial charge in [0, 0.05) is 11.9 Å². The zero-order chi connectivity index (χ0) is 7.40. The first-order valence-electron chi connectivity index (χ1n) is 4.12. The summed E-state index contributed by atoms with van der Waals surface area (Å²) in [4.78, 5) is 0. The summed E-state index contributed by atoms with van der Waals surface area (Å²) in [7, 11) is 0. The molecule has 60 valence electrons. The van der Waals surface area contributed by atoms with Crippen LogP contribution in [0.4, 0.5) is 0 Å². The maximum absolute atomic E-state index is 5.50. The van der Waals surface area contributed by atoms with Crippen molar-refractivity contribution in [3.8, 4) is 0 Å². The molecule has 0 radical (unpaired) electrons. The Morgan fingerprint density at radius 2 is 1.90 bits per heavy atom. The molecule has 10 heavy (non-hydrogen) atoms. The van der Waals surface area contributed by atoms with Crippen LogP contribution in [-0.4, -0.2) is 18.0 Å². The van der Waals surface area contributed by atoms with Gasteiger partial charge in [-0.1, -0.05) is 0 Å². The molecule has 0 atom stereocenters. The van der Waals surface area contributed by atoms with Crippen LogP contribution in [0.3, 0.4) is 0 Å². The molecule has 0 aromatic carbocycles. The third-order valence-corrected chi connectivity index (χ3v) is 2.56. The van der Waals surface area contributed by atoms with Crippen LogP contribution < -0.4 is 0 Å². The average Bonchev–Trinajstić information content (AvgIpc) is 1.95. The lowest BCUT2D eigenvalue weighted by Crippen LogP contribution is -2.21. The SMILES string of the molecule is CCO[C@H]1CC[C@@H](S)CC1. The van der Waals surface area contributed by atoms with Crippen LogP contribution in [0.15, 0.2) is 0 Å². The van der Waals surface area contributed by atoms with Crippen molar-refractivity contribution in [2.45, 2.75) is 44.0 Å². The smallest absolute Gasteiger partial charge is 0.0575 e. The van der Waals surface area contributed by atoms with Gasteiger partial charge < -0.3 is 4.74 Å². The largest absolute Gasteiger partial charge is 0.379 e. The third kappa shape index (κ3) is 2.51. The van der Waals surface area contributed by atoms with Crippen molar-refractivity contribution in [2.24, 2.45) is 0 Å². The van der Waals surface area contributed by atoms with Crippen LogP contribution >= 0.6 is 12.6 Å². The van der Waals surface area contributed by atoms with Gasteiger partial charge in [0.1, 0.15) is 0 Å². The highest BCUT2D eigenvalue weighted by atomic mass is 32.1. The molecule has 2 heteroatoms. The van der Waals surface area contributed by atoms with Gasteiger partial charge in [0.15, 0.2) is 0 Å². The van der Waals surface area contributed by atoms with Crippen LogP contribution in [0, 0.1) is 0 Å². The molecule has 1 aliphatic rings. The van der Waals surface area contributed by atoms with Crippen LogP contribution in [0.25, 0.3) is 0 Å². The topological polar surface area (TPSA) is 9.23 Å². The predicted octanol–water partition coefficient (Wildman–Crippen LogP) is 2.26. The van der Waals surface area contributed by atoms with Gasteiger partial charge in [-0.25, -0.2) is 0 Å². The van der Waals surface area contributed by atoms with E-state index in [0.29, 0.717) is 11.4 Å². The quantitative estimate of drug-likeness (QED) is 0.610. The highest BCUT2D eigenvalue weighted by Crippen LogP contribution is 2.24. The molecule has 1 fully saturated rings. The highest BCUT2D eigenvalue weighted by molar-refractivity contribution is 7.80. The Hall–Kier alpha value is 0.310. The molecule has 0 unspecified atom stereocenters. The maximum atomic E-state index is 5.50. The summed E-state index contributed by atoms with van der Waals surface area (Å²) < 4.78 is 5.50. The molecule has 0 N–H and O–H groups in total. The van der Waals surface area contributed by atoms with Gasteiger partial charge >= 0.3 is 0 Å². The van der Waals surface area contributed by atoms with Crippen molar-refractivity contribution in [1.82, 2.24) is 0 Å². The minimum atomic E-state index is 0.536. The Morgan fingerprint density at radius 3 is 2.40 bits per heavy atom. The Morgan fingerprint density at radius 1 is 1.30 bits per heavy atom. The molecule has 1 aliphatic carbocycles. The molecule has 0 aromatic heterocycles. The van der Waals surface area contributed by atoms with Crippen molar-refractivity contribution in [2.75, 3.05) is 6.61 Å². The highest BCUT2D eigenvalue weighted by Gasteiger charge is 2.17. The van der Waals surface area contributed by atoms with Crippen molar-refractivity contribution < 1.29 is 4.74 Å². The van der Waals surface area contributed by atoms with Crippen LogP contribution in [0.5, 0.6) is 0 Å². The Kier molecular flexibility index (Phi) is 3.57. The molecule has 0 aromatic rings. The minimum Gasteiger partial charge on any atom is -0.379 e. The summed E-state index contributed by atoms with van der Waals surface area (Å²) in [5.41, 5.74) is 0. The van der Waals surface area contributed by atoms with Gasteiger partial charge in [-0.3, -0.25) is 0 Å². The van der Waals surface area contributed by atoms with Crippen LogP contribution in [0.1, 0.15) is 32.6 Å². The summed E-state index contributed by atoms with van der Waals surface area (Å²) >= 11 is 4.41. The second-order valence-corrected chi connectivity index (χ2v) is 3.62. The lowest BCUT2D eigenvalue weighted by Gasteiger charge is -2.25. The van der Waals surface area contributed by atoms with E-state index >= 15 is 0 Å². The lowest BCUT2D eigenvalue weighted by molar-refractivity contribution is 0.0380. The van der Waals surface area contributed by atoms with E-state index in [9.17, 15) is 0 Å². The van der Waals surface area contributed by atoms with Gasteiger partial charge in [-0.2, -0.15) is 12.6 Å². The number of ether oxygens (including phenoxy) is 1.